The lowest BCUT2D eigenvalue weighted by atomic mass is 10.1. The summed E-state index contributed by atoms with van der Waals surface area (Å²) < 4.78 is 0. The smallest absolute Gasteiger partial charge is 0.255 e. The Balaban J connectivity index is 1.70. The van der Waals surface area contributed by atoms with Gasteiger partial charge in [-0.2, -0.15) is 0 Å². The van der Waals surface area contributed by atoms with Crippen LogP contribution in [0, 0.1) is 0 Å². The minimum atomic E-state index is -0.0348. The quantitative estimate of drug-likeness (QED) is 0.772. The molecule has 2 aromatic rings. The Labute approximate surface area is 150 Å². The van der Waals surface area contributed by atoms with Gasteiger partial charge in [0.1, 0.15) is 0 Å². The first-order chi connectivity index (χ1) is 11.1. The highest BCUT2D eigenvalue weighted by Gasteiger charge is 2.24. The molecule has 0 radical (unpaired) electrons. The summed E-state index contributed by atoms with van der Waals surface area (Å²) in [5.41, 5.74) is 1.45. The topological polar surface area (TPSA) is 23.6 Å². The molecule has 120 valence electrons. The molecule has 1 heterocycles. The van der Waals surface area contributed by atoms with E-state index >= 15 is 0 Å². The molecule has 23 heavy (non-hydrogen) atoms. The van der Waals surface area contributed by atoms with E-state index in [1.165, 1.54) is 0 Å². The fourth-order valence-corrected chi connectivity index (χ4v) is 3.32. The Morgan fingerprint density at radius 1 is 0.826 bits per heavy atom. The van der Waals surface area contributed by atoms with Gasteiger partial charge in [-0.15, -0.1) is 0 Å². The van der Waals surface area contributed by atoms with Crippen LogP contribution in [0.3, 0.4) is 0 Å². The zero-order chi connectivity index (χ0) is 16.4. The Morgan fingerprint density at radius 2 is 1.48 bits per heavy atom. The molecular weight excluding hydrogens is 355 g/mol. The summed E-state index contributed by atoms with van der Waals surface area (Å²) in [6, 6.07) is 12.7. The summed E-state index contributed by atoms with van der Waals surface area (Å²) in [5.74, 6) is -0.0348. The van der Waals surface area contributed by atoms with E-state index in [0.29, 0.717) is 46.8 Å². The van der Waals surface area contributed by atoms with E-state index in [1.54, 1.807) is 18.2 Å². The first-order valence-electron chi connectivity index (χ1n) is 7.30. The van der Waals surface area contributed by atoms with Crippen molar-refractivity contribution in [3.05, 3.63) is 63.1 Å². The van der Waals surface area contributed by atoms with Gasteiger partial charge >= 0.3 is 0 Å². The van der Waals surface area contributed by atoms with E-state index in [0.717, 1.165) is 5.69 Å². The van der Waals surface area contributed by atoms with Crippen LogP contribution >= 0.6 is 34.8 Å². The highest BCUT2D eigenvalue weighted by molar-refractivity contribution is 6.43. The predicted molar refractivity (Wildman–Crippen MR) is 96.0 cm³/mol. The van der Waals surface area contributed by atoms with Crippen LogP contribution in [0.4, 0.5) is 5.69 Å². The Hall–Kier alpha value is -1.42. The predicted octanol–water partition coefficient (Wildman–Crippen LogP) is 4.61. The maximum atomic E-state index is 12.6. The van der Waals surface area contributed by atoms with Gasteiger partial charge in [-0.1, -0.05) is 53.0 Å². The average molecular weight is 370 g/mol. The number of anilines is 1. The van der Waals surface area contributed by atoms with E-state index in [4.69, 9.17) is 34.8 Å². The minimum Gasteiger partial charge on any atom is -0.367 e. The van der Waals surface area contributed by atoms with Gasteiger partial charge in [0, 0.05) is 26.2 Å². The molecule has 3 nitrogen and oxygen atoms in total. The molecule has 0 saturated carbocycles. The molecule has 0 aliphatic carbocycles. The Kier molecular flexibility index (Phi) is 5.00. The van der Waals surface area contributed by atoms with Crippen molar-refractivity contribution in [3.8, 4) is 0 Å². The molecule has 1 saturated heterocycles. The fraction of sp³-hybridized carbons (Fsp3) is 0.235. The molecule has 0 bridgehead atoms. The zero-order valence-electron chi connectivity index (χ0n) is 12.3. The number of carbonyl (C=O) groups is 1. The lowest BCUT2D eigenvalue weighted by molar-refractivity contribution is 0.0747. The molecule has 0 N–H and O–H groups in total. The molecule has 6 heteroatoms. The van der Waals surface area contributed by atoms with Crippen LogP contribution in [-0.2, 0) is 0 Å². The number of benzene rings is 2. The van der Waals surface area contributed by atoms with Crippen LogP contribution in [0.1, 0.15) is 10.4 Å². The molecule has 0 spiro atoms. The third-order valence-corrected chi connectivity index (χ3v) is 5.08. The summed E-state index contributed by atoms with van der Waals surface area (Å²) in [6.07, 6.45) is 0. The second-order valence-corrected chi connectivity index (χ2v) is 6.52. The highest BCUT2D eigenvalue weighted by Crippen LogP contribution is 2.33. The van der Waals surface area contributed by atoms with Crippen LogP contribution < -0.4 is 4.90 Å². The number of nitrogens with zero attached hydrogens (tertiary/aromatic N) is 2. The molecule has 0 unspecified atom stereocenters. The van der Waals surface area contributed by atoms with Crippen LogP contribution in [0.15, 0.2) is 42.5 Å². The summed E-state index contributed by atoms with van der Waals surface area (Å²) >= 11 is 18.5. The van der Waals surface area contributed by atoms with Gasteiger partial charge in [-0.3, -0.25) is 4.79 Å². The van der Waals surface area contributed by atoms with Gasteiger partial charge in [0.25, 0.3) is 5.91 Å². The highest BCUT2D eigenvalue weighted by atomic mass is 35.5. The maximum Gasteiger partial charge on any atom is 0.255 e. The number of amides is 1. The molecule has 1 amide bonds. The van der Waals surface area contributed by atoms with Crippen molar-refractivity contribution >= 4 is 46.4 Å². The maximum absolute atomic E-state index is 12.6. The summed E-state index contributed by atoms with van der Waals surface area (Å²) in [6.45, 7) is 2.65. The molecule has 1 fully saturated rings. The summed E-state index contributed by atoms with van der Waals surface area (Å²) in [7, 11) is 0. The number of halogens is 3. The monoisotopic (exact) mass is 368 g/mol. The molecule has 1 aliphatic rings. The van der Waals surface area contributed by atoms with E-state index in [-0.39, 0.29) is 5.91 Å². The van der Waals surface area contributed by atoms with Crippen molar-refractivity contribution in [3.63, 3.8) is 0 Å². The molecular formula is C17H15Cl3N2O. The van der Waals surface area contributed by atoms with Crippen LogP contribution in [0.2, 0.25) is 15.1 Å². The van der Waals surface area contributed by atoms with Crippen molar-refractivity contribution in [2.75, 3.05) is 31.1 Å². The van der Waals surface area contributed by atoms with Gasteiger partial charge in [-0.25, -0.2) is 0 Å². The van der Waals surface area contributed by atoms with Crippen LogP contribution in [0.25, 0.3) is 0 Å². The standard InChI is InChI=1S/C17H15Cl3N2O/c18-13-5-2-1-4-12(13)17(23)22-10-8-21(9-11-22)15-7-3-6-14(19)16(15)20/h1-7H,8-11H2. The van der Waals surface area contributed by atoms with Gasteiger partial charge < -0.3 is 9.80 Å². The Bertz CT molecular complexity index is 728. The third-order valence-electron chi connectivity index (χ3n) is 3.94. The number of hydrogen-bond donors (Lipinski definition) is 0. The second kappa shape index (κ2) is 7.00. The number of carbonyl (C=O) groups excluding carboxylic acids is 1. The van der Waals surface area contributed by atoms with E-state index in [2.05, 4.69) is 4.90 Å². The summed E-state index contributed by atoms with van der Waals surface area (Å²) in [4.78, 5) is 16.5. The fourth-order valence-electron chi connectivity index (χ4n) is 2.69. The van der Waals surface area contributed by atoms with Crippen molar-refractivity contribution < 1.29 is 4.79 Å². The molecule has 3 rings (SSSR count). The first kappa shape index (κ1) is 16.4. The molecule has 0 aromatic heterocycles. The SMILES string of the molecule is O=C(c1ccccc1Cl)N1CCN(c2cccc(Cl)c2Cl)CC1. The zero-order valence-corrected chi connectivity index (χ0v) is 14.6. The lowest BCUT2D eigenvalue weighted by Gasteiger charge is -2.36. The summed E-state index contributed by atoms with van der Waals surface area (Å²) in [5, 5.41) is 1.58. The van der Waals surface area contributed by atoms with Crippen molar-refractivity contribution in [1.82, 2.24) is 4.90 Å². The second-order valence-electron chi connectivity index (χ2n) is 5.33. The first-order valence-corrected chi connectivity index (χ1v) is 8.44. The molecule has 1 aliphatic heterocycles. The largest absolute Gasteiger partial charge is 0.367 e. The van der Waals surface area contributed by atoms with Gasteiger partial charge in [0.15, 0.2) is 0 Å². The van der Waals surface area contributed by atoms with Gasteiger partial charge in [-0.05, 0) is 24.3 Å². The average Bonchev–Trinajstić information content (AvgIpc) is 2.57. The third kappa shape index (κ3) is 3.42. The number of rotatable bonds is 2. The van der Waals surface area contributed by atoms with Crippen molar-refractivity contribution in [1.29, 1.82) is 0 Å². The minimum absolute atomic E-state index is 0.0348. The van der Waals surface area contributed by atoms with E-state index in [9.17, 15) is 4.79 Å². The van der Waals surface area contributed by atoms with Crippen LogP contribution in [0.5, 0.6) is 0 Å². The van der Waals surface area contributed by atoms with Gasteiger partial charge in [0.05, 0.1) is 26.3 Å². The number of piperazine rings is 1. The van der Waals surface area contributed by atoms with Crippen LogP contribution in [-0.4, -0.2) is 37.0 Å². The van der Waals surface area contributed by atoms with Gasteiger partial charge in [0.2, 0.25) is 0 Å². The van der Waals surface area contributed by atoms with E-state index in [1.807, 2.05) is 29.2 Å². The number of hydrogen-bond acceptors (Lipinski definition) is 2. The molecule has 0 atom stereocenters. The Morgan fingerprint density at radius 3 is 2.17 bits per heavy atom. The van der Waals surface area contributed by atoms with E-state index < -0.39 is 0 Å². The van der Waals surface area contributed by atoms with Crippen molar-refractivity contribution in [2.45, 2.75) is 0 Å². The van der Waals surface area contributed by atoms with Crippen molar-refractivity contribution in [2.24, 2.45) is 0 Å². The normalized spacial score (nSPS) is 14.9. The lowest BCUT2D eigenvalue weighted by Crippen LogP contribution is -2.49. The molecule has 2 aromatic carbocycles.